The Hall–Kier alpha value is -4.45. The van der Waals surface area contributed by atoms with E-state index in [0.29, 0.717) is 31.3 Å². The summed E-state index contributed by atoms with van der Waals surface area (Å²) in [5.74, 6) is 2.03. The number of anilines is 2. The number of hydrogen-bond acceptors (Lipinski definition) is 5. The van der Waals surface area contributed by atoms with E-state index in [1.54, 1.807) is 0 Å². The molecule has 1 amide bonds. The molecule has 0 saturated heterocycles. The van der Waals surface area contributed by atoms with Crippen LogP contribution in [-0.4, -0.2) is 32.3 Å². The van der Waals surface area contributed by atoms with Gasteiger partial charge in [-0.25, -0.2) is 0 Å². The Morgan fingerprint density at radius 2 is 1.24 bits per heavy atom. The lowest BCUT2D eigenvalue weighted by Gasteiger charge is -2.14. The van der Waals surface area contributed by atoms with Gasteiger partial charge in [0.05, 0.1) is 18.8 Å². The molecule has 0 saturated carbocycles. The fraction of sp³-hybridized carbons (Fsp3) is 0.194. The minimum atomic E-state index is -0.169. The Morgan fingerprint density at radius 1 is 0.622 bits per heavy atom. The monoisotopic (exact) mass is 496 g/mol. The molecule has 0 unspecified atom stereocenters. The van der Waals surface area contributed by atoms with Crippen molar-refractivity contribution in [3.05, 3.63) is 115 Å². The van der Waals surface area contributed by atoms with E-state index in [2.05, 4.69) is 34.9 Å². The summed E-state index contributed by atoms with van der Waals surface area (Å²) in [6.07, 6.45) is 1.95. The minimum Gasteiger partial charge on any atom is -0.494 e. The van der Waals surface area contributed by atoms with Crippen molar-refractivity contribution < 1.29 is 19.0 Å². The van der Waals surface area contributed by atoms with Crippen LogP contribution in [0.5, 0.6) is 17.2 Å². The Kier molecular flexibility index (Phi) is 9.83. The zero-order valence-electron chi connectivity index (χ0n) is 20.8. The highest BCUT2D eigenvalue weighted by molar-refractivity contribution is 5.95. The number of hydrogen-bond donors (Lipinski definition) is 2. The molecule has 4 aromatic rings. The molecular formula is C31H32N2O4. The third-order valence-electron chi connectivity index (χ3n) is 5.54. The third kappa shape index (κ3) is 8.93. The quantitative estimate of drug-likeness (QED) is 0.203. The predicted octanol–water partition coefficient (Wildman–Crippen LogP) is 6.21. The molecule has 0 radical (unpaired) electrons. The molecule has 2 N–H and O–H groups in total. The minimum absolute atomic E-state index is 0.128. The van der Waals surface area contributed by atoms with Gasteiger partial charge < -0.3 is 24.8 Å². The van der Waals surface area contributed by atoms with Crippen LogP contribution in [0.3, 0.4) is 0 Å². The summed E-state index contributed by atoms with van der Waals surface area (Å²) in [4.78, 5) is 12.5. The van der Waals surface area contributed by atoms with Crippen molar-refractivity contribution in [2.24, 2.45) is 0 Å². The van der Waals surface area contributed by atoms with Gasteiger partial charge in [-0.05, 0) is 66.9 Å². The van der Waals surface area contributed by atoms with E-state index < -0.39 is 0 Å². The van der Waals surface area contributed by atoms with Crippen LogP contribution >= 0.6 is 0 Å². The molecule has 0 heterocycles. The maximum absolute atomic E-state index is 12.5. The van der Waals surface area contributed by atoms with E-state index in [9.17, 15) is 4.79 Å². The average molecular weight is 497 g/mol. The lowest BCUT2D eigenvalue weighted by atomic mass is 10.1. The van der Waals surface area contributed by atoms with Gasteiger partial charge in [-0.1, -0.05) is 60.7 Å². The highest BCUT2D eigenvalue weighted by Crippen LogP contribution is 2.24. The summed E-state index contributed by atoms with van der Waals surface area (Å²) in [5, 5.41) is 6.05. The third-order valence-corrected chi connectivity index (χ3v) is 5.54. The zero-order valence-corrected chi connectivity index (χ0v) is 20.8. The fourth-order valence-electron chi connectivity index (χ4n) is 3.68. The molecule has 0 atom stereocenters. The van der Waals surface area contributed by atoms with Crippen molar-refractivity contribution in [1.82, 2.24) is 0 Å². The number of nitrogens with one attached hydrogen (secondary N) is 2. The van der Waals surface area contributed by atoms with Gasteiger partial charge >= 0.3 is 0 Å². The average Bonchev–Trinajstić information content (AvgIpc) is 2.95. The molecule has 0 spiro atoms. The van der Waals surface area contributed by atoms with E-state index in [0.717, 1.165) is 30.0 Å². The normalized spacial score (nSPS) is 10.4. The highest BCUT2D eigenvalue weighted by Gasteiger charge is 2.08. The van der Waals surface area contributed by atoms with Crippen LogP contribution < -0.4 is 24.8 Å². The second-order valence-electron chi connectivity index (χ2n) is 8.37. The number of aryl methyl sites for hydroxylation is 1. The number of carbonyl (C=O) groups excluding carboxylic acids is 1. The molecule has 6 nitrogen and oxygen atoms in total. The lowest BCUT2D eigenvalue weighted by molar-refractivity contribution is -0.114. The first-order valence-electron chi connectivity index (χ1n) is 12.5. The van der Waals surface area contributed by atoms with Crippen LogP contribution in [0.25, 0.3) is 0 Å². The zero-order chi connectivity index (χ0) is 25.5. The van der Waals surface area contributed by atoms with Crippen LogP contribution in [-0.2, 0) is 11.2 Å². The van der Waals surface area contributed by atoms with Gasteiger partial charge in [0.1, 0.15) is 30.5 Å². The van der Waals surface area contributed by atoms with Crippen LogP contribution in [0.1, 0.15) is 12.0 Å². The van der Waals surface area contributed by atoms with Crippen LogP contribution in [0.2, 0.25) is 0 Å². The van der Waals surface area contributed by atoms with Gasteiger partial charge in [-0.3, -0.25) is 4.79 Å². The summed E-state index contributed by atoms with van der Waals surface area (Å²) >= 11 is 0. The number of amides is 1. The summed E-state index contributed by atoms with van der Waals surface area (Å²) < 4.78 is 17.3. The smallest absolute Gasteiger partial charge is 0.243 e. The molecular weight excluding hydrogens is 464 g/mol. The Morgan fingerprint density at radius 3 is 2.03 bits per heavy atom. The van der Waals surface area contributed by atoms with Crippen molar-refractivity contribution in [2.45, 2.75) is 12.8 Å². The van der Waals surface area contributed by atoms with Gasteiger partial charge in [0, 0.05) is 5.69 Å². The molecule has 0 fully saturated rings. The van der Waals surface area contributed by atoms with E-state index in [-0.39, 0.29) is 12.5 Å². The van der Waals surface area contributed by atoms with Crippen molar-refractivity contribution in [3.8, 4) is 17.2 Å². The summed E-state index contributed by atoms with van der Waals surface area (Å²) in [6.45, 7) is 1.55. The Balaban J connectivity index is 1.16. The molecule has 4 rings (SSSR count). The molecule has 190 valence electrons. The summed E-state index contributed by atoms with van der Waals surface area (Å²) in [5.41, 5.74) is 2.78. The van der Waals surface area contributed by atoms with Crippen molar-refractivity contribution in [2.75, 3.05) is 37.0 Å². The first kappa shape index (κ1) is 25.6. The summed E-state index contributed by atoms with van der Waals surface area (Å²) in [7, 11) is 0. The van der Waals surface area contributed by atoms with Crippen molar-refractivity contribution >= 4 is 17.3 Å². The molecule has 0 bridgehead atoms. The van der Waals surface area contributed by atoms with Gasteiger partial charge in [0.2, 0.25) is 5.91 Å². The van der Waals surface area contributed by atoms with Crippen LogP contribution in [0, 0.1) is 0 Å². The van der Waals surface area contributed by atoms with Gasteiger partial charge in [-0.2, -0.15) is 0 Å². The van der Waals surface area contributed by atoms with E-state index >= 15 is 0 Å². The first-order chi connectivity index (χ1) is 18.3. The maximum atomic E-state index is 12.5. The van der Waals surface area contributed by atoms with Gasteiger partial charge in [0.15, 0.2) is 0 Å². The largest absolute Gasteiger partial charge is 0.494 e. The predicted molar refractivity (Wildman–Crippen MR) is 148 cm³/mol. The summed E-state index contributed by atoms with van der Waals surface area (Å²) in [6, 6.07) is 35.0. The Bertz CT molecular complexity index is 1210. The van der Waals surface area contributed by atoms with Gasteiger partial charge in [-0.15, -0.1) is 0 Å². The molecule has 0 aromatic heterocycles. The lowest BCUT2D eigenvalue weighted by Crippen LogP contribution is -2.22. The fourth-order valence-corrected chi connectivity index (χ4v) is 3.68. The van der Waals surface area contributed by atoms with Crippen molar-refractivity contribution in [1.29, 1.82) is 0 Å². The highest BCUT2D eigenvalue weighted by atomic mass is 16.5. The molecule has 0 aliphatic rings. The standard InChI is InChI=1S/C31H32N2O4/c34-31(33-29-15-7-8-16-30(29)37-23-22-36-27-13-5-2-6-14-27)24-32-26-17-19-28(20-18-26)35-21-9-12-25-10-3-1-4-11-25/h1-8,10-11,13-20,32H,9,12,21-24H2,(H,33,34). The molecule has 6 heteroatoms. The molecule has 0 aliphatic heterocycles. The number of para-hydroxylation sites is 3. The van der Waals surface area contributed by atoms with E-state index in [1.807, 2.05) is 84.9 Å². The molecule has 0 aliphatic carbocycles. The van der Waals surface area contributed by atoms with Gasteiger partial charge in [0.25, 0.3) is 0 Å². The second-order valence-corrected chi connectivity index (χ2v) is 8.37. The van der Waals surface area contributed by atoms with E-state index in [1.165, 1.54) is 5.56 Å². The van der Waals surface area contributed by atoms with Crippen LogP contribution in [0.4, 0.5) is 11.4 Å². The second kappa shape index (κ2) is 14.2. The van der Waals surface area contributed by atoms with Crippen LogP contribution in [0.15, 0.2) is 109 Å². The topological polar surface area (TPSA) is 68.8 Å². The number of ether oxygens (including phenoxy) is 3. The molecule has 4 aromatic carbocycles. The number of carbonyl (C=O) groups is 1. The van der Waals surface area contributed by atoms with Crippen molar-refractivity contribution in [3.63, 3.8) is 0 Å². The van der Waals surface area contributed by atoms with E-state index in [4.69, 9.17) is 14.2 Å². The number of rotatable bonds is 14. The Labute approximate surface area is 218 Å². The molecule has 37 heavy (non-hydrogen) atoms. The number of benzene rings is 4. The SMILES string of the molecule is O=C(CNc1ccc(OCCCc2ccccc2)cc1)Nc1ccccc1OCCOc1ccccc1. The first-order valence-corrected chi connectivity index (χ1v) is 12.5. The maximum Gasteiger partial charge on any atom is 0.243 e.